The molecule has 0 aliphatic heterocycles. The maximum absolute atomic E-state index is 12.7. The van der Waals surface area contributed by atoms with E-state index in [0.717, 1.165) is 5.56 Å². The van der Waals surface area contributed by atoms with Gasteiger partial charge in [0.25, 0.3) is 0 Å². The summed E-state index contributed by atoms with van der Waals surface area (Å²) in [5, 5.41) is 12.3. The third-order valence-corrected chi connectivity index (χ3v) is 4.30. The summed E-state index contributed by atoms with van der Waals surface area (Å²) < 4.78 is 4.83. The van der Waals surface area contributed by atoms with Crippen LogP contribution >= 0.6 is 11.6 Å². The van der Waals surface area contributed by atoms with Gasteiger partial charge in [0.05, 0.1) is 12.0 Å². The van der Waals surface area contributed by atoms with Gasteiger partial charge in [-0.25, -0.2) is 4.79 Å². The highest BCUT2D eigenvalue weighted by Gasteiger charge is 2.37. The second-order valence-electron chi connectivity index (χ2n) is 5.07. The van der Waals surface area contributed by atoms with Crippen LogP contribution in [0, 0.1) is 0 Å². The smallest absolute Gasteiger partial charge is 0.334 e. The molecule has 0 saturated heterocycles. The molecule has 1 amide bonds. The first-order valence-electron chi connectivity index (χ1n) is 7.21. The molecule has 1 aromatic carbocycles. The van der Waals surface area contributed by atoms with Crippen LogP contribution in [0.3, 0.4) is 0 Å². The van der Waals surface area contributed by atoms with E-state index in [1.54, 1.807) is 12.1 Å². The van der Waals surface area contributed by atoms with Crippen LogP contribution in [0.25, 0.3) is 0 Å². The average molecular weight is 328 g/mol. The Bertz CT molecular complexity index is 511. The molecule has 0 radical (unpaired) electrons. The van der Waals surface area contributed by atoms with Gasteiger partial charge in [-0.2, -0.15) is 0 Å². The third kappa shape index (κ3) is 3.99. The Kier molecular flexibility index (Phi) is 6.84. The van der Waals surface area contributed by atoms with Crippen molar-refractivity contribution in [2.45, 2.75) is 38.2 Å². The van der Waals surface area contributed by atoms with Crippen molar-refractivity contribution in [3.63, 3.8) is 0 Å². The predicted molar refractivity (Wildman–Crippen MR) is 85.2 cm³/mol. The van der Waals surface area contributed by atoms with Gasteiger partial charge in [-0.1, -0.05) is 37.6 Å². The fourth-order valence-electron chi connectivity index (χ4n) is 2.51. The predicted octanol–water partition coefficient (Wildman–Crippen LogP) is 2.61. The monoisotopic (exact) mass is 327 g/mol. The van der Waals surface area contributed by atoms with Crippen LogP contribution in [-0.2, 0) is 19.7 Å². The molecule has 1 unspecified atom stereocenters. The summed E-state index contributed by atoms with van der Waals surface area (Å²) in [6, 6.07) is 7.17. The number of aliphatic carboxylic acids is 1. The minimum atomic E-state index is -1.10. The molecule has 22 heavy (non-hydrogen) atoms. The van der Waals surface area contributed by atoms with E-state index in [4.69, 9.17) is 21.4 Å². The van der Waals surface area contributed by atoms with Gasteiger partial charge in [-0.15, -0.1) is 0 Å². The van der Waals surface area contributed by atoms with Gasteiger partial charge >= 0.3 is 5.97 Å². The summed E-state index contributed by atoms with van der Waals surface area (Å²) in [4.78, 5) is 23.6. The molecule has 5 nitrogen and oxygen atoms in total. The number of hydrogen-bond donors (Lipinski definition) is 2. The highest BCUT2D eigenvalue weighted by atomic mass is 35.5. The largest absolute Gasteiger partial charge is 0.479 e. The van der Waals surface area contributed by atoms with E-state index in [1.165, 1.54) is 7.11 Å². The van der Waals surface area contributed by atoms with Gasteiger partial charge in [-0.3, -0.25) is 4.79 Å². The third-order valence-electron chi connectivity index (χ3n) is 4.05. The van der Waals surface area contributed by atoms with Gasteiger partial charge in [0.1, 0.15) is 0 Å². The summed E-state index contributed by atoms with van der Waals surface area (Å²) in [6.07, 6.45) is 0.143. The molecule has 0 spiro atoms. The lowest BCUT2D eigenvalue weighted by molar-refractivity contribution is -0.148. The lowest BCUT2D eigenvalue weighted by atomic mass is 9.75. The number of carbonyl (C=O) groups excluding carboxylic acids is 1. The minimum absolute atomic E-state index is 0.0694. The van der Waals surface area contributed by atoms with Gasteiger partial charge in [0.15, 0.2) is 6.10 Å². The fraction of sp³-hybridized carbons (Fsp3) is 0.500. The number of hydrogen-bond acceptors (Lipinski definition) is 3. The summed E-state index contributed by atoms with van der Waals surface area (Å²) >= 11 is 5.90. The molecule has 0 bridgehead atoms. The van der Waals surface area contributed by atoms with Crippen molar-refractivity contribution in [3.05, 3.63) is 34.9 Å². The molecule has 0 fully saturated rings. The first-order chi connectivity index (χ1) is 10.4. The molecular formula is C16H22ClNO4. The molecule has 1 atom stereocenters. The lowest BCUT2D eigenvalue weighted by Gasteiger charge is -2.31. The molecule has 1 aromatic rings. The van der Waals surface area contributed by atoms with E-state index < -0.39 is 17.5 Å². The number of halogens is 1. The highest BCUT2D eigenvalue weighted by molar-refractivity contribution is 6.30. The van der Waals surface area contributed by atoms with E-state index in [9.17, 15) is 9.59 Å². The van der Waals surface area contributed by atoms with Crippen LogP contribution in [0.2, 0.25) is 5.02 Å². The summed E-state index contributed by atoms with van der Waals surface area (Å²) in [5.74, 6) is -1.31. The van der Waals surface area contributed by atoms with E-state index in [2.05, 4.69) is 5.32 Å². The van der Waals surface area contributed by atoms with Crippen LogP contribution in [-0.4, -0.2) is 36.7 Å². The van der Waals surface area contributed by atoms with Gasteiger partial charge in [0.2, 0.25) is 5.91 Å². The Labute approximate surface area is 135 Å². The lowest BCUT2D eigenvalue weighted by Crippen LogP contribution is -2.47. The Hall–Kier alpha value is -1.59. The van der Waals surface area contributed by atoms with Crippen LogP contribution < -0.4 is 5.32 Å². The van der Waals surface area contributed by atoms with Crippen molar-refractivity contribution in [2.24, 2.45) is 0 Å². The Morgan fingerprint density at radius 2 is 1.82 bits per heavy atom. The number of rotatable bonds is 8. The number of amides is 1. The van der Waals surface area contributed by atoms with Crippen molar-refractivity contribution in [2.75, 3.05) is 13.7 Å². The van der Waals surface area contributed by atoms with Crippen molar-refractivity contribution >= 4 is 23.5 Å². The highest BCUT2D eigenvalue weighted by Crippen LogP contribution is 2.32. The van der Waals surface area contributed by atoms with Gasteiger partial charge < -0.3 is 15.2 Å². The molecule has 0 aliphatic rings. The molecule has 2 N–H and O–H groups in total. The van der Waals surface area contributed by atoms with Crippen molar-refractivity contribution < 1.29 is 19.4 Å². The van der Waals surface area contributed by atoms with Crippen LogP contribution in [0.5, 0.6) is 0 Å². The van der Waals surface area contributed by atoms with Gasteiger partial charge in [-0.05, 0) is 30.5 Å². The Morgan fingerprint density at radius 3 is 2.23 bits per heavy atom. The van der Waals surface area contributed by atoms with E-state index in [0.29, 0.717) is 17.9 Å². The second-order valence-corrected chi connectivity index (χ2v) is 5.51. The minimum Gasteiger partial charge on any atom is -0.479 e. The standard InChI is InChI=1S/C16H22ClNO4/c1-4-16(5-2,11-6-8-12(17)9-7-11)15(21)18-10-13(22-3)14(19)20/h6-9,13H,4-5,10H2,1-3H3,(H,18,21)(H,19,20). The fourth-order valence-corrected chi connectivity index (χ4v) is 2.63. The van der Waals surface area contributed by atoms with E-state index >= 15 is 0 Å². The Morgan fingerprint density at radius 1 is 1.27 bits per heavy atom. The maximum Gasteiger partial charge on any atom is 0.334 e. The van der Waals surface area contributed by atoms with Crippen molar-refractivity contribution in [1.82, 2.24) is 5.32 Å². The topological polar surface area (TPSA) is 75.6 Å². The molecule has 0 aliphatic carbocycles. The zero-order valence-corrected chi connectivity index (χ0v) is 13.8. The summed E-state index contributed by atoms with van der Waals surface area (Å²) in [7, 11) is 1.30. The number of ether oxygens (including phenoxy) is 1. The van der Waals surface area contributed by atoms with Crippen LogP contribution in [0.15, 0.2) is 24.3 Å². The first kappa shape index (κ1) is 18.5. The maximum atomic E-state index is 12.7. The normalized spacial score (nSPS) is 12.7. The zero-order valence-electron chi connectivity index (χ0n) is 13.1. The molecule has 0 heterocycles. The number of methoxy groups -OCH3 is 1. The average Bonchev–Trinajstić information content (AvgIpc) is 2.51. The quantitative estimate of drug-likeness (QED) is 0.769. The van der Waals surface area contributed by atoms with E-state index in [1.807, 2.05) is 26.0 Å². The van der Waals surface area contributed by atoms with E-state index in [-0.39, 0.29) is 12.5 Å². The number of carbonyl (C=O) groups is 2. The summed E-state index contributed by atoms with van der Waals surface area (Å²) in [5.41, 5.74) is 0.158. The number of nitrogens with one attached hydrogen (secondary N) is 1. The first-order valence-corrected chi connectivity index (χ1v) is 7.59. The molecular weight excluding hydrogens is 306 g/mol. The van der Waals surface area contributed by atoms with Crippen LogP contribution in [0.1, 0.15) is 32.3 Å². The van der Waals surface area contributed by atoms with Crippen molar-refractivity contribution in [3.8, 4) is 0 Å². The molecule has 0 saturated carbocycles. The SMILES string of the molecule is CCC(CC)(C(=O)NCC(OC)C(=O)O)c1ccc(Cl)cc1. The van der Waals surface area contributed by atoms with Gasteiger partial charge in [0, 0.05) is 12.1 Å². The number of benzene rings is 1. The zero-order chi connectivity index (χ0) is 16.8. The number of carboxylic acids is 1. The molecule has 1 rings (SSSR count). The van der Waals surface area contributed by atoms with Crippen molar-refractivity contribution in [1.29, 1.82) is 0 Å². The molecule has 122 valence electrons. The summed E-state index contributed by atoms with van der Waals surface area (Å²) in [6.45, 7) is 3.80. The number of carboxylic acid groups (broad SMARTS) is 1. The molecule has 6 heteroatoms. The Balaban J connectivity index is 2.96. The molecule has 0 aromatic heterocycles. The second kappa shape index (κ2) is 8.15. The van der Waals surface area contributed by atoms with Crippen LogP contribution in [0.4, 0.5) is 0 Å².